The number of rotatable bonds is 5. The predicted octanol–water partition coefficient (Wildman–Crippen LogP) is 3.14. The monoisotopic (exact) mass is 349 g/mol. The van der Waals surface area contributed by atoms with E-state index in [2.05, 4.69) is 22.1 Å². The van der Waals surface area contributed by atoms with Gasteiger partial charge in [0.25, 0.3) is 5.56 Å². The molecule has 0 aliphatic rings. The Balaban J connectivity index is 1.77. The summed E-state index contributed by atoms with van der Waals surface area (Å²) in [5.74, 6) is 1.21. The lowest BCUT2D eigenvalue weighted by molar-refractivity contribution is 0.356. The topological polar surface area (TPSA) is 69.1 Å². The van der Waals surface area contributed by atoms with Crippen LogP contribution in [0.4, 0.5) is 0 Å². The average molecular weight is 349 g/mol. The molecule has 0 aliphatic carbocycles. The van der Waals surface area contributed by atoms with Crippen LogP contribution in [0, 0.1) is 0 Å². The Morgan fingerprint density at radius 1 is 1.08 bits per heavy atom. The van der Waals surface area contributed by atoms with Crippen LogP contribution in [-0.2, 0) is 13.0 Å². The summed E-state index contributed by atoms with van der Waals surface area (Å²) in [6, 6.07) is 13.8. The molecule has 0 atom stereocenters. The summed E-state index contributed by atoms with van der Waals surface area (Å²) in [5.41, 5.74) is 3.03. The minimum atomic E-state index is -0.0833. The fourth-order valence-corrected chi connectivity index (χ4v) is 3.17. The summed E-state index contributed by atoms with van der Waals surface area (Å²) >= 11 is 0. The van der Waals surface area contributed by atoms with E-state index in [0.29, 0.717) is 29.1 Å². The molecule has 2 heterocycles. The van der Waals surface area contributed by atoms with E-state index in [9.17, 15) is 4.79 Å². The van der Waals surface area contributed by atoms with Crippen molar-refractivity contribution < 1.29 is 9.47 Å². The van der Waals surface area contributed by atoms with Gasteiger partial charge >= 0.3 is 0 Å². The molecule has 0 saturated heterocycles. The number of hydrogen-bond acceptors (Lipinski definition) is 4. The molecule has 0 bridgehead atoms. The summed E-state index contributed by atoms with van der Waals surface area (Å²) in [6.07, 6.45) is 2.38. The molecule has 2 aromatic carbocycles. The number of nitrogens with one attached hydrogen (secondary N) is 1. The Labute approximate surface area is 150 Å². The smallest absolute Gasteiger partial charge is 0.277 e. The molecule has 0 fully saturated rings. The number of H-pyrrole nitrogens is 1. The molecule has 26 heavy (non-hydrogen) atoms. The van der Waals surface area contributed by atoms with Crippen molar-refractivity contribution in [1.82, 2.24) is 14.5 Å². The molecule has 0 spiro atoms. The average Bonchev–Trinajstić information content (AvgIpc) is 3.05. The quantitative estimate of drug-likeness (QED) is 0.601. The lowest BCUT2D eigenvalue weighted by Crippen LogP contribution is -2.21. The van der Waals surface area contributed by atoms with Crippen molar-refractivity contribution in [3.63, 3.8) is 0 Å². The van der Waals surface area contributed by atoms with Crippen LogP contribution in [-0.4, -0.2) is 28.8 Å². The van der Waals surface area contributed by atoms with Gasteiger partial charge in [-0.15, -0.1) is 0 Å². The van der Waals surface area contributed by atoms with Crippen LogP contribution in [0.25, 0.3) is 21.9 Å². The molecule has 4 rings (SSSR count). The van der Waals surface area contributed by atoms with Gasteiger partial charge in [0.1, 0.15) is 11.0 Å². The Bertz CT molecular complexity index is 1130. The second-order valence-electron chi connectivity index (χ2n) is 6.08. The Hall–Kier alpha value is -3.28. The van der Waals surface area contributed by atoms with Gasteiger partial charge in [0.15, 0.2) is 11.5 Å². The highest BCUT2D eigenvalue weighted by atomic mass is 16.5. The molecule has 4 aromatic rings. The molecule has 6 heteroatoms. The first-order chi connectivity index (χ1) is 12.7. The standard InChI is InChI=1S/C20H19N3O3/c1-25-16-10-14-15(11-17(16)26-2)22-19-18(14)21-12-23(20(19)24)9-8-13-6-4-3-5-7-13/h3-7,10-12,22H,8-9H2,1-2H3. The summed E-state index contributed by atoms with van der Waals surface area (Å²) in [6.45, 7) is 0.577. The second-order valence-corrected chi connectivity index (χ2v) is 6.08. The Morgan fingerprint density at radius 3 is 2.54 bits per heavy atom. The zero-order valence-corrected chi connectivity index (χ0v) is 14.7. The molecule has 0 amide bonds. The highest BCUT2D eigenvalue weighted by molar-refractivity contribution is 6.05. The number of methoxy groups -OCH3 is 2. The second kappa shape index (κ2) is 6.55. The largest absolute Gasteiger partial charge is 0.493 e. The van der Waals surface area contributed by atoms with Gasteiger partial charge in [-0.2, -0.15) is 0 Å². The van der Waals surface area contributed by atoms with Gasteiger partial charge in [-0.1, -0.05) is 30.3 Å². The molecule has 132 valence electrons. The molecule has 6 nitrogen and oxygen atoms in total. The molecule has 0 saturated carbocycles. The number of fused-ring (bicyclic) bond motifs is 3. The molecular formula is C20H19N3O3. The number of nitrogens with zero attached hydrogens (tertiary/aromatic N) is 2. The summed E-state index contributed by atoms with van der Waals surface area (Å²) in [5, 5.41) is 0.838. The highest BCUT2D eigenvalue weighted by Gasteiger charge is 2.14. The zero-order valence-electron chi connectivity index (χ0n) is 14.7. The van der Waals surface area contributed by atoms with E-state index in [1.54, 1.807) is 25.1 Å². The number of ether oxygens (including phenoxy) is 2. The van der Waals surface area contributed by atoms with Crippen LogP contribution in [0.5, 0.6) is 11.5 Å². The predicted molar refractivity (Wildman–Crippen MR) is 101 cm³/mol. The lowest BCUT2D eigenvalue weighted by atomic mass is 10.1. The van der Waals surface area contributed by atoms with E-state index in [4.69, 9.17) is 9.47 Å². The van der Waals surface area contributed by atoms with Crippen LogP contribution < -0.4 is 15.0 Å². The van der Waals surface area contributed by atoms with Gasteiger partial charge in [-0.05, 0) is 18.1 Å². The third-order valence-electron chi connectivity index (χ3n) is 4.56. The summed E-state index contributed by atoms with van der Waals surface area (Å²) < 4.78 is 12.3. The number of aromatic nitrogens is 3. The molecule has 0 aliphatic heterocycles. The van der Waals surface area contributed by atoms with Crippen molar-refractivity contribution in [3.05, 3.63) is 64.7 Å². The summed E-state index contributed by atoms with van der Waals surface area (Å²) in [4.78, 5) is 20.5. The summed E-state index contributed by atoms with van der Waals surface area (Å²) in [7, 11) is 3.17. The van der Waals surface area contributed by atoms with Crippen molar-refractivity contribution in [2.45, 2.75) is 13.0 Å². The fourth-order valence-electron chi connectivity index (χ4n) is 3.17. The van der Waals surface area contributed by atoms with Gasteiger partial charge in [0.2, 0.25) is 0 Å². The van der Waals surface area contributed by atoms with Crippen molar-refractivity contribution in [2.24, 2.45) is 0 Å². The normalized spacial score (nSPS) is 11.2. The van der Waals surface area contributed by atoms with Crippen LogP contribution in [0.15, 0.2) is 53.6 Å². The van der Waals surface area contributed by atoms with Crippen molar-refractivity contribution >= 4 is 21.9 Å². The van der Waals surface area contributed by atoms with E-state index in [-0.39, 0.29) is 5.56 Å². The van der Waals surface area contributed by atoms with Gasteiger partial charge in [-0.25, -0.2) is 4.98 Å². The third kappa shape index (κ3) is 2.69. The molecule has 1 N–H and O–H groups in total. The lowest BCUT2D eigenvalue weighted by Gasteiger charge is -2.07. The number of aromatic amines is 1. The first-order valence-electron chi connectivity index (χ1n) is 8.38. The fraction of sp³-hybridized carbons (Fsp3) is 0.200. The van der Waals surface area contributed by atoms with Gasteiger partial charge < -0.3 is 14.5 Å². The highest BCUT2D eigenvalue weighted by Crippen LogP contribution is 2.34. The maximum atomic E-state index is 12.9. The zero-order chi connectivity index (χ0) is 18.1. The number of aryl methyl sites for hydroxylation is 2. The minimum absolute atomic E-state index is 0.0833. The van der Waals surface area contributed by atoms with E-state index in [1.165, 1.54) is 5.56 Å². The van der Waals surface area contributed by atoms with Crippen LogP contribution in [0.2, 0.25) is 0 Å². The van der Waals surface area contributed by atoms with Crippen molar-refractivity contribution in [2.75, 3.05) is 14.2 Å². The van der Waals surface area contributed by atoms with Gasteiger partial charge in [0.05, 0.1) is 26.1 Å². The van der Waals surface area contributed by atoms with Gasteiger partial charge in [0, 0.05) is 18.0 Å². The number of benzene rings is 2. The van der Waals surface area contributed by atoms with E-state index >= 15 is 0 Å². The van der Waals surface area contributed by atoms with E-state index in [1.807, 2.05) is 30.3 Å². The Morgan fingerprint density at radius 2 is 1.81 bits per heavy atom. The molecule has 2 aromatic heterocycles. The van der Waals surface area contributed by atoms with Crippen LogP contribution >= 0.6 is 0 Å². The third-order valence-corrected chi connectivity index (χ3v) is 4.56. The first kappa shape index (κ1) is 16.2. The minimum Gasteiger partial charge on any atom is -0.493 e. The maximum Gasteiger partial charge on any atom is 0.277 e. The Kier molecular flexibility index (Phi) is 4.08. The van der Waals surface area contributed by atoms with Crippen molar-refractivity contribution in [3.8, 4) is 11.5 Å². The first-order valence-corrected chi connectivity index (χ1v) is 8.38. The molecule has 0 radical (unpaired) electrons. The SMILES string of the molecule is COc1cc2[nH]c3c(=O)n(CCc4ccccc4)cnc3c2cc1OC. The van der Waals surface area contributed by atoms with Crippen LogP contribution in [0.3, 0.4) is 0 Å². The van der Waals surface area contributed by atoms with Gasteiger partial charge in [-0.3, -0.25) is 9.36 Å². The van der Waals surface area contributed by atoms with Crippen molar-refractivity contribution in [1.29, 1.82) is 0 Å². The number of hydrogen-bond donors (Lipinski definition) is 1. The molecule has 0 unspecified atom stereocenters. The van der Waals surface area contributed by atoms with E-state index in [0.717, 1.165) is 17.3 Å². The maximum absolute atomic E-state index is 12.9. The van der Waals surface area contributed by atoms with E-state index < -0.39 is 0 Å². The molecular weight excluding hydrogens is 330 g/mol. The van der Waals surface area contributed by atoms with Crippen LogP contribution in [0.1, 0.15) is 5.56 Å².